The summed E-state index contributed by atoms with van der Waals surface area (Å²) in [6.07, 6.45) is 3.63. The van der Waals surface area contributed by atoms with Crippen molar-refractivity contribution in [2.45, 2.75) is 93.9 Å². The molecule has 2 spiro atoms. The fraction of sp³-hybridized carbons (Fsp3) is 0.595. The summed E-state index contributed by atoms with van der Waals surface area (Å²) >= 11 is 6.44. The molecule has 0 aromatic heterocycles. The van der Waals surface area contributed by atoms with Crippen LogP contribution in [0.25, 0.3) is 0 Å². The number of hydrogen-bond acceptors (Lipinski definition) is 9. The molecule has 0 radical (unpaired) electrons. The lowest BCUT2D eigenvalue weighted by Gasteiger charge is -2.55. The van der Waals surface area contributed by atoms with Gasteiger partial charge in [-0.3, -0.25) is 9.69 Å². The number of halogens is 2. The van der Waals surface area contributed by atoms with Crippen LogP contribution < -0.4 is 14.4 Å². The van der Waals surface area contributed by atoms with Crippen molar-refractivity contribution >= 4 is 33.2 Å². The normalized spacial score (nSPS) is 35.3. The van der Waals surface area contributed by atoms with E-state index in [2.05, 4.69) is 15.7 Å². The van der Waals surface area contributed by atoms with Crippen molar-refractivity contribution in [1.82, 2.24) is 9.62 Å². The van der Waals surface area contributed by atoms with Crippen molar-refractivity contribution in [2.75, 3.05) is 44.4 Å². The molecule has 1 aliphatic carbocycles. The zero-order valence-electron chi connectivity index (χ0n) is 29.1. The van der Waals surface area contributed by atoms with E-state index in [-0.39, 0.29) is 31.2 Å². The van der Waals surface area contributed by atoms with Gasteiger partial charge < -0.3 is 24.2 Å². The molecule has 10 nitrogen and oxygen atoms in total. The Morgan fingerprint density at radius 2 is 1.90 bits per heavy atom. The van der Waals surface area contributed by atoms with Crippen LogP contribution in [-0.2, 0) is 31.3 Å². The number of nitrogens with one attached hydrogen (secondary N) is 1. The highest BCUT2D eigenvalue weighted by Crippen LogP contribution is 2.47. The van der Waals surface area contributed by atoms with Crippen LogP contribution >= 0.6 is 11.6 Å². The van der Waals surface area contributed by atoms with Gasteiger partial charge in [-0.25, -0.2) is 17.5 Å². The molecule has 2 aromatic carbocycles. The molecule has 4 heterocycles. The molecule has 1 amide bonds. The molecule has 2 saturated heterocycles. The molecule has 7 rings (SSSR count). The molecule has 5 aliphatic rings. The number of ether oxygens (including phenoxy) is 3. The summed E-state index contributed by atoms with van der Waals surface area (Å²) in [5.74, 6) is -2.34. The number of carbonyl (C=O) groups excluding carboxylic acids is 1. The third-order valence-corrected chi connectivity index (χ3v) is 13.9. The van der Waals surface area contributed by atoms with Gasteiger partial charge in [0.05, 0.1) is 30.8 Å². The van der Waals surface area contributed by atoms with Gasteiger partial charge in [-0.1, -0.05) is 30.7 Å². The van der Waals surface area contributed by atoms with E-state index in [1.165, 1.54) is 24.1 Å². The Kier molecular flexibility index (Phi) is 9.30. The molecule has 2 N–H and O–H groups in total. The van der Waals surface area contributed by atoms with Crippen molar-refractivity contribution < 1.29 is 36.9 Å². The predicted molar refractivity (Wildman–Crippen MR) is 189 cm³/mol. The number of aliphatic hydroxyl groups is 1. The maximum absolute atomic E-state index is 17.0. The van der Waals surface area contributed by atoms with E-state index in [9.17, 15) is 18.3 Å². The molecule has 6 atom stereocenters. The summed E-state index contributed by atoms with van der Waals surface area (Å²) in [6.45, 7) is 8.29. The summed E-state index contributed by atoms with van der Waals surface area (Å²) in [7, 11) is -4.14. The quantitative estimate of drug-likeness (QED) is 0.381. The van der Waals surface area contributed by atoms with Crippen LogP contribution in [0.3, 0.4) is 0 Å². The van der Waals surface area contributed by atoms with Crippen molar-refractivity contribution in [3.8, 4) is 5.75 Å². The Hall–Kier alpha value is -2.74. The zero-order chi connectivity index (χ0) is 35.6. The molecular weight excluding hydrogens is 685 g/mol. The van der Waals surface area contributed by atoms with Crippen LogP contribution in [0.5, 0.6) is 5.75 Å². The number of sulfonamides is 1. The minimum atomic E-state index is -4.14. The van der Waals surface area contributed by atoms with Crippen LogP contribution in [0.4, 0.5) is 10.1 Å². The van der Waals surface area contributed by atoms with Gasteiger partial charge in [-0.2, -0.15) is 0 Å². The summed E-state index contributed by atoms with van der Waals surface area (Å²) in [6, 6.07) is 10.8. The number of aliphatic hydroxyl groups excluding tert-OH is 1. The van der Waals surface area contributed by atoms with Gasteiger partial charge in [0.2, 0.25) is 10.0 Å². The number of hydrogen-bond donors (Lipinski definition) is 2. The summed E-state index contributed by atoms with van der Waals surface area (Å²) in [5.41, 5.74) is 1.24. The monoisotopic (exact) mass is 731 g/mol. The third kappa shape index (κ3) is 6.23. The standard InChI is InChI=1S/C37H47ClFN3O7S/c1-23-7-12-32(39)37(22-49-35(3,4)48-19-33(37)43)42-15-13-28(42)18-41-20-36(14-5-6-25-16-27(38)9-10-29(25)36)21-47-31-11-8-26(17-30(31)41)34(44)40-50(45,46)24(23)2/h8-12,16-17,23-24,28,33,43H,5-7,13-15,18-22H2,1-4H3,(H,40,44)/b32-12-/t23-,24+,28-,33-,36-,37+/m0/s1. The lowest BCUT2D eigenvalue weighted by atomic mass is 9.70. The number of aryl methyl sites for hydroxylation is 1. The van der Waals surface area contributed by atoms with E-state index in [1.54, 1.807) is 39.0 Å². The molecular formula is C37H47ClFN3O7S. The summed E-state index contributed by atoms with van der Waals surface area (Å²) in [5, 5.41) is 11.4. The van der Waals surface area contributed by atoms with E-state index in [0.717, 1.165) is 25.7 Å². The minimum absolute atomic E-state index is 0.0631. The maximum atomic E-state index is 17.0. The van der Waals surface area contributed by atoms with Crippen LogP contribution in [0, 0.1) is 5.92 Å². The molecule has 272 valence electrons. The first-order valence-electron chi connectivity index (χ1n) is 17.6. The van der Waals surface area contributed by atoms with Crippen molar-refractivity contribution in [3.05, 3.63) is 70.0 Å². The second-order valence-corrected chi connectivity index (χ2v) is 17.8. The molecule has 4 aliphatic heterocycles. The van der Waals surface area contributed by atoms with Gasteiger partial charge >= 0.3 is 0 Å². The average Bonchev–Trinajstić information content (AvgIpc) is 3.29. The Balaban J connectivity index is 1.36. The Morgan fingerprint density at radius 1 is 1.10 bits per heavy atom. The topological polar surface area (TPSA) is 118 Å². The number of fused-ring (bicyclic) bond motifs is 5. The lowest BCUT2D eigenvalue weighted by Crippen LogP contribution is -2.70. The fourth-order valence-corrected chi connectivity index (χ4v) is 9.87. The third-order valence-electron chi connectivity index (χ3n) is 11.8. The molecule has 13 heteroatoms. The van der Waals surface area contributed by atoms with E-state index in [1.807, 2.05) is 17.0 Å². The summed E-state index contributed by atoms with van der Waals surface area (Å²) in [4.78, 5) is 17.7. The van der Waals surface area contributed by atoms with Gasteiger partial charge in [-0.15, -0.1) is 0 Å². The van der Waals surface area contributed by atoms with E-state index in [4.69, 9.17) is 25.8 Å². The smallest absolute Gasteiger partial charge is 0.264 e. The lowest BCUT2D eigenvalue weighted by molar-refractivity contribution is -0.207. The highest BCUT2D eigenvalue weighted by molar-refractivity contribution is 7.90. The van der Waals surface area contributed by atoms with E-state index in [0.29, 0.717) is 42.7 Å². The van der Waals surface area contributed by atoms with E-state index >= 15 is 4.39 Å². The number of amides is 1. The highest BCUT2D eigenvalue weighted by atomic mass is 35.5. The van der Waals surface area contributed by atoms with Crippen LogP contribution in [0.1, 0.15) is 74.9 Å². The molecule has 0 unspecified atom stereocenters. The van der Waals surface area contributed by atoms with Gasteiger partial charge in [-0.05, 0) is 100 Å². The van der Waals surface area contributed by atoms with Gasteiger partial charge in [0.15, 0.2) is 5.79 Å². The minimum Gasteiger partial charge on any atom is -0.490 e. The van der Waals surface area contributed by atoms with Gasteiger partial charge in [0.1, 0.15) is 23.2 Å². The number of benzene rings is 2. The van der Waals surface area contributed by atoms with Crippen LogP contribution in [0.15, 0.2) is 48.3 Å². The Bertz CT molecular complexity index is 1810. The molecule has 50 heavy (non-hydrogen) atoms. The Morgan fingerprint density at radius 3 is 2.66 bits per heavy atom. The second kappa shape index (κ2) is 13.0. The number of allylic oxidation sites excluding steroid dienone is 1. The van der Waals surface area contributed by atoms with Gasteiger partial charge in [0.25, 0.3) is 5.91 Å². The number of carbonyl (C=O) groups is 1. The number of rotatable bonds is 0. The highest BCUT2D eigenvalue weighted by Gasteiger charge is 2.56. The first-order chi connectivity index (χ1) is 23.6. The van der Waals surface area contributed by atoms with Crippen molar-refractivity contribution in [3.63, 3.8) is 0 Å². The van der Waals surface area contributed by atoms with Crippen LogP contribution in [0.2, 0.25) is 5.02 Å². The zero-order valence-corrected chi connectivity index (χ0v) is 30.7. The van der Waals surface area contributed by atoms with Gasteiger partial charge in [0, 0.05) is 41.7 Å². The van der Waals surface area contributed by atoms with Crippen molar-refractivity contribution in [1.29, 1.82) is 0 Å². The number of anilines is 1. The Labute approximate surface area is 298 Å². The molecule has 2 aromatic rings. The predicted octanol–water partition coefficient (Wildman–Crippen LogP) is 5.11. The number of nitrogens with zero attached hydrogens (tertiary/aromatic N) is 2. The molecule has 2 bridgehead atoms. The second-order valence-electron chi connectivity index (χ2n) is 15.3. The van der Waals surface area contributed by atoms with Crippen LogP contribution in [-0.4, -0.2) is 92.5 Å². The molecule has 2 fully saturated rings. The van der Waals surface area contributed by atoms with E-state index < -0.39 is 55.8 Å². The largest absolute Gasteiger partial charge is 0.490 e. The first kappa shape index (κ1) is 35.7. The SMILES string of the molecule is C[C@@H]1[C@@H](C)C/C=C(\F)[C@@]2(COC(C)(C)OC[C@@H]2O)N2CC[C@H]2CN2C[C@@]3(CCCc4cc(Cl)ccc43)COc3ccc(cc32)C(=O)NS1(=O)=O. The fourth-order valence-electron chi connectivity index (χ4n) is 8.39. The maximum Gasteiger partial charge on any atom is 0.264 e. The first-order valence-corrected chi connectivity index (χ1v) is 19.5. The summed E-state index contributed by atoms with van der Waals surface area (Å²) < 4.78 is 64.8. The average molecular weight is 732 g/mol. The van der Waals surface area contributed by atoms with Crippen molar-refractivity contribution in [2.24, 2.45) is 5.92 Å². The molecule has 0 saturated carbocycles.